The summed E-state index contributed by atoms with van der Waals surface area (Å²) in [5, 5.41) is 0. The van der Waals surface area contributed by atoms with E-state index in [-0.39, 0.29) is 17.0 Å². The molecule has 6 nitrogen and oxygen atoms in total. The first kappa shape index (κ1) is 29.2. The Morgan fingerprint density at radius 1 is 1.14 bits per heavy atom. The number of likely N-dealkylation sites (tertiary alicyclic amines) is 2. The summed E-state index contributed by atoms with van der Waals surface area (Å²) in [5.74, 6) is 0.563. The van der Waals surface area contributed by atoms with Gasteiger partial charge < -0.3 is 14.7 Å². The molecule has 3 aliphatic rings. The number of rotatable bonds is 11. The van der Waals surface area contributed by atoms with E-state index in [0.717, 1.165) is 51.4 Å². The summed E-state index contributed by atoms with van der Waals surface area (Å²) in [4.78, 5) is 27.7. The van der Waals surface area contributed by atoms with Crippen molar-refractivity contribution in [1.29, 1.82) is 0 Å². The fraction of sp³-hybridized carbons (Fsp3) is 0.750. The molecule has 3 rings (SSSR count). The average Bonchev–Trinajstić information content (AvgIpc) is 3.70. The van der Waals surface area contributed by atoms with Crippen LogP contribution in [0, 0.1) is 11.3 Å². The van der Waals surface area contributed by atoms with Crippen molar-refractivity contribution < 1.29 is 18.0 Å². The van der Waals surface area contributed by atoms with Crippen LogP contribution >= 0.6 is 0 Å². The lowest BCUT2D eigenvalue weighted by Crippen LogP contribution is -2.62. The Morgan fingerprint density at radius 2 is 1.78 bits per heavy atom. The average molecular weight is 524 g/mol. The maximum atomic E-state index is 13.2. The summed E-state index contributed by atoms with van der Waals surface area (Å²) in [7, 11) is 2.04. The number of urea groups is 1. The van der Waals surface area contributed by atoms with Crippen molar-refractivity contribution >= 4 is 18.6 Å². The van der Waals surface area contributed by atoms with E-state index in [9.17, 15) is 18.0 Å². The van der Waals surface area contributed by atoms with Gasteiger partial charge in [0.15, 0.2) is 0 Å². The van der Waals surface area contributed by atoms with Gasteiger partial charge in [0.25, 0.3) is 0 Å². The van der Waals surface area contributed by atoms with Crippen LogP contribution in [0.1, 0.15) is 72.1 Å². The van der Waals surface area contributed by atoms with E-state index in [4.69, 9.17) is 0 Å². The molecule has 0 aromatic carbocycles. The van der Waals surface area contributed by atoms with Gasteiger partial charge in [-0.25, -0.2) is 9.79 Å². The van der Waals surface area contributed by atoms with E-state index >= 15 is 0 Å². The van der Waals surface area contributed by atoms with Gasteiger partial charge in [-0.1, -0.05) is 13.5 Å². The summed E-state index contributed by atoms with van der Waals surface area (Å²) >= 11 is 0. The fourth-order valence-corrected chi connectivity index (χ4v) is 5.29. The van der Waals surface area contributed by atoms with Crippen molar-refractivity contribution in [2.24, 2.45) is 21.3 Å². The number of allylic oxidation sites excluding steroid dienone is 3. The van der Waals surface area contributed by atoms with Gasteiger partial charge in [-0.15, -0.1) is 0 Å². The topological polar surface area (TPSA) is 51.5 Å². The zero-order valence-electron chi connectivity index (χ0n) is 23.0. The number of carbonyl (C=O) groups excluding carboxylic acids is 1. The molecule has 37 heavy (non-hydrogen) atoms. The van der Waals surface area contributed by atoms with Gasteiger partial charge in [0.1, 0.15) is 0 Å². The number of aliphatic imine (C=N–C) groups is 2. The Labute approximate surface area is 220 Å². The van der Waals surface area contributed by atoms with Crippen LogP contribution in [0.5, 0.6) is 0 Å². The summed E-state index contributed by atoms with van der Waals surface area (Å²) in [6, 6.07) is 0.453. The minimum Gasteiger partial charge on any atom is -0.363 e. The summed E-state index contributed by atoms with van der Waals surface area (Å²) in [6.45, 7) is 12.4. The van der Waals surface area contributed by atoms with Crippen LogP contribution in [0.4, 0.5) is 18.0 Å². The largest absolute Gasteiger partial charge is 0.412 e. The molecule has 208 valence electrons. The number of alkyl halides is 3. The molecule has 3 fully saturated rings. The number of carbonyl (C=O) groups is 1. The second-order valence-electron chi connectivity index (χ2n) is 11.0. The zero-order valence-corrected chi connectivity index (χ0v) is 23.0. The minimum absolute atomic E-state index is 0.00619. The van der Waals surface area contributed by atoms with Gasteiger partial charge in [-0.05, 0) is 70.8 Å². The molecule has 1 aliphatic carbocycles. The third-order valence-corrected chi connectivity index (χ3v) is 8.33. The molecule has 9 heteroatoms. The third-order valence-electron chi connectivity index (χ3n) is 8.33. The molecular formula is C28H44F3N5O. The molecule has 0 unspecified atom stereocenters. The van der Waals surface area contributed by atoms with E-state index in [0.29, 0.717) is 44.4 Å². The highest BCUT2D eigenvalue weighted by Gasteiger charge is 2.45. The van der Waals surface area contributed by atoms with Gasteiger partial charge in [0.2, 0.25) is 0 Å². The maximum absolute atomic E-state index is 13.2. The summed E-state index contributed by atoms with van der Waals surface area (Å²) < 4.78 is 39.7. The van der Waals surface area contributed by atoms with E-state index in [1.165, 1.54) is 19.1 Å². The first-order chi connectivity index (χ1) is 17.5. The fourth-order valence-electron chi connectivity index (χ4n) is 5.29. The van der Waals surface area contributed by atoms with Gasteiger partial charge in [-0.3, -0.25) is 4.99 Å². The highest BCUT2D eigenvalue weighted by molar-refractivity contribution is 5.80. The molecule has 0 spiro atoms. The molecule has 0 aromatic rings. The number of piperidine rings is 1. The molecule has 2 aliphatic heterocycles. The highest BCUT2D eigenvalue weighted by atomic mass is 19.4. The molecule has 0 aromatic heterocycles. The van der Waals surface area contributed by atoms with Crippen LogP contribution < -0.4 is 0 Å². The Hall–Kier alpha value is -2.32. The number of hydrogen-bond acceptors (Lipinski definition) is 3. The first-order valence-corrected chi connectivity index (χ1v) is 13.7. The molecule has 2 heterocycles. The van der Waals surface area contributed by atoms with Crippen molar-refractivity contribution in [1.82, 2.24) is 14.7 Å². The van der Waals surface area contributed by atoms with Crippen LogP contribution in [0.2, 0.25) is 0 Å². The zero-order chi connectivity index (χ0) is 27.2. The van der Waals surface area contributed by atoms with Crippen molar-refractivity contribution in [2.45, 2.75) is 84.4 Å². The van der Waals surface area contributed by atoms with Gasteiger partial charge in [0, 0.05) is 74.6 Å². The second-order valence-corrected chi connectivity index (χ2v) is 11.0. The van der Waals surface area contributed by atoms with E-state index in [2.05, 4.69) is 28.4 Å². The standard InChI is InChI=1S/C28H44F3N5O/c1-6-27(14-8-9-24(17-32-7-2)21(3)28(29,30)31)18-36(19-27)26(37)35-15-12-25(13-16-35)34(5)20-33-22(4)23-10-11-23/h17,20,23,25H,4,6-16,18-19H2,1-3,5H3/b24-21+,32-17-,33-20-. The van der Waals surface area contributed by atoms with E-state index < -0.39 is 11.7 Å². The van der Waals surface area contributed by atoms with Crippen molar-refractivity contribution in [3.8, 4) is 0 Å². The van der Waals surface area contributed by atoms with Crippen LogP contribution in [-0.2, 0) is 0 Å². The van der Waals surface area contributed by atoms with Gasteiger partial charge in [0.05, 0.1) is 6.34 Å². The Kier molecular flexibility index (Phi) is 9.86. The quantitative estimate of drug-likeness (QED) is 0.236. The van der Waals surface area contributed by atoms with Gasteiger partial charge in [-0.2, -0.15) is 13.2 Å². The van der Waals surface area contributed by atoms with Crippen LogP contribution in [0.25, 0.3) is 0 Å². The molecule has 0 atom stereocenters. The highest BCUT2D eigenvalue weighted by Crippen LogP contribution is 2.40. The van der Waals surface area contributed by atoms with Gasteiger partial charge >= 0.3 is 12.2 Å². The number of halogens is 3. The van der Waals surface area contributed by atoms with E-state index in [1.54, 1.807) is 0 Å². The lowest BCUT2D eigenvalue weighted by Gasteiger charge is -2.52. The molecule has 2 saturated heterocycles. The lowest BCUT2D eigenvalue weighted by molar-refractivity contribution is -0.0919. The molecule has 1 saturated carbocycles. The molecule has 0 bridgehead atoms. The Balaban J connectivity index is 1.44. The van der Waals surface area contributed by atoms with Crippen molar-refractivity contribution in [3.63, 3.8) is 0 Å². The normalized spacial score (nSPS) is 21.4. The molecule has 0 radical (unpaired) electrons. The molecule has 0 N–H and O–H groups in total. The van der Waals surface area contributed by atoms with Crippen molar-refractivity contribution in [3.05, 3.63) is 23.4 Å². The maximum Gasteiger partial charge on any atom is 0.412 e. The van der Waals surface area contributed by atoms with Crippen LogP contribution in [-0.4, -0.2) is 85.3 Å². The first-order valence-electron chi connectivity index (χ1n) is 13.7. The summed E-state index contributed by atoms with van der Waals surface area (Å²) in [5.41, 5.74) is 0.665. The predicted octanol–water partition coefficient (Wildman–Crippen LogP) is 6.31. The Bertz CT molecular complexity index is 892. The monoisotopic (exact) mass is 523 g/mol. The molecular weight excluding hydrogens is 479 g/mol. The predicted molar refractivity (Wildman–Crippen MR) is 144 cm³/mol. The van der Waals surface area contributed by atoms with Crippen LogP contribution in [0.15, 0.2) is 33.4 Å². The third kappa shape index (κ3) is 7.84. The minimum atomic E-state index is -4.34. The number of hydrogen-bond donors (Lipinski definition) is 0. The number of amides is 2. The SMILES string of the molecule is C=C(/N=C\N(C)C1CCN(C(=O)N2CC(CC)(CCCC(/C=N\CC)=C(/C)C(F)(F)F)C2)CC1)C1CC1. The lowest BCUT2D eigenvalue weighted by atomic mass is 9.73. The number of nitrogens with zero attached hydrogens (tertiary/aromatic N) is 5. The smallest absolute Gasteiger partial charge is 0.363 e. The molecule has 2 amide bonds. The Morgan fingerprint density at radius 3 is 2.32 bits per heavy atom. The summed E-state index contributed by atoms with van der Waals surface area (Å²) in [6.07, 6.45) is 5.86. The van der Waals surface area contributed by atoms with E-state index in [1.807, 2.05) is 30.1 Å². The van der Waals surface area contributed by atoms with Crippen LogP contribution in [0.3, 0.4) is 0 Å². The van der Waals surface area contributed by atoms with Crippen molar-refractivity contribution in [2.75, 3.05) is 39.8 Å². The second kappa shape index (κ2) is 12.5.